The van der Waals surface area contributed by atoms with Crippen LogP contribution in [0.3, 0.4) is 0 Å². The van der Waals surface area contributed by atoms with Gasteiger partial charge in [0.25, 0.3) is 0 Å². The van der Waals surface area contributed by atoms with E-state index in [0.717, 1.165) is 56.9 Å². The highest BCUT2D eigenvalue weighted by molar-refractivity contribution is 6.11. The third-order valence-corrected chi connectivity index (χ3v) is 8.71. The maximum atomic E-state index is 6.19. The molecule has 0 aliphatic heterocycles. The molecule has 0 spiro atoms. The standard InChI is InChI=1S/C41H27N3O/c1-2-10-27(11-3-1)39-42-40(44-41(43-39)35-14-8-16-37-38(35)34-13-6-7-15-36(34)45-37)33-22-21-31-24-30(19-20-32(31)25-33)29-18-17-26-9-4-5-12-28(26)23-29/h2,4-25H,1,3H2. The van der Waals surface area contributed by atoms with Crippen LogP contribution in [0.25, 0.3) is 83.0 Å². The molecule has 0 amide bonds. The van der Waals surface area contributed by atoms with Crippen LogP contribution < -0.4 is 0 Å². The zero-order chi connectivity index (χ0) is 29.7. The van der Waals surface area contributed by atoms with Crippen molar-refractivity contribution >= 4 is 49.1 Å². The molecular formula is C41H27N3O. The van der Waals surface area contributed by atoms with Crippen molar-refractivity contribution in [2.45, 2.75) is 12.8 Å². The summed E-state index contributed by atoms with van der Waals surface area (Å²) in [4.78, 5) is 15.1. The van der Waals surface area contributed by atoms with Crippen LogP contribution in [0.5, 0.6) is 0 Å². The predicted octanol–water partition coefficient (Wildman–Crippen LogP) is 10.8. The third-order valence-electron chi connectivity index (χ3n) is 8.71. The number of furan rings is 1. The second-order valence-electron chi connectivity index (χ2n) is 11.6. The van der Waals surface area contributed by atoms with Crippen molar-refractivity contribution in [3.05, 3.63) is 145 Å². The zero-order valence-electron chi connectivity index (χ0n) is 24.4. The van der Waals surface area contributed by atoms with Crippen LogP contribution in [-0.4, -0.2) is 15.0 Å². The summed E-state index contributed by atoms with van der Waals surface area (Å²) in [6.45, 7) is 0. The number of nitrogens with zero attached hydrogens (tertiary/aromatic N) is 3. The van der Waals surface area contributed by atoms with Gasteiger partial charge in [0.05, 0.1) is 0 Å². The van der Waals surface area contributed by atoms with Gasteiger partial charge in [-0.1, -0.05) is 109 Å². The fourth-order valence-corrected chi connectivity index (χ4v) is 6.43. The number of benzene rings is 6. The first kappa shape index (κ1) is 25.6. The van der Waals surface area contributed by atoms with Gasteiger partial charge in [-0.3, -0.25) is 0 Å². The van der Waals surface area contributed by atoms with E-state index in [1.807, 2.05) is 30.3 Å². The van der Waals surface area contributed by atoms with E-state index in [9.17, 15) is 0 Å². The summed E-state index contributed by atoms with van der Waals surface area (Å²) in [5.74, 6) is 1.97. The van der Waals surface area contributed by atoms with E-state index < -0.39 is 0 Å². The Morgan fingerprint density at radius 2 is 1.13 bits per heavy atom. The Morgan fingerprint density at radius 3 is 1.96 bits per heavy atom. The summed E-state index contributed by atoms with van der Waals surface area (Å²) >= 11 is 0. The van der Waals surface area contributed by atoms with Crippen LogP contribution in [0.4, 0.5) is 0 Å². The molecule has 2 aromatic heterocycles. The Bertz CT molecular complexity index is 2500. The lowest BCUT2D eigenvalue weighted by molar-refractivity contribution is 0.669. The van der Waals surface area contributed by atoms with Crippen LogP contribution in [-0.2, 0) is 0 Å². The normalized spacial score (nSPS) is 13.2. The summed E-state index contributed by atoms with van der Waals surface area (Å²) in [5, 5.41) is 6.88. The highest BCUT2D eigenvalue weighted by Gasteiger charge is 2.18. The van der Waals surface area contributed by atoms with Gasteiger partial charge in [-0.2, -0.15) is 0 Å². The fraction of sp³-hybridized carbons (Fsp3) is 0.0488. The van der Waals surface area contributed by atoms with E-state index in [0.29, 0.717) is 17.5 Å². The van der Waals surface area contributed by atoms with Crippen molar-refractivity contribution in [1.82, 2.24) is 15.0 Å². The van der Waals surface area contributed by atoms with E-state index >= 15 is 0 Å². The van der Waals surface area contributed by atoms with Crippen molar-refractivity contribution in [3.63, 3.8) is 0 Å². The highest BCUT2D eigenvalue weighted by atomic mass is 16.3. The van der Waals surface area contributed by atoms with E-state index in [1.54, 1.807) is 0 Å². The van der Waals surface area contributed by atoms with Gasteiger partial charge in [0.2, 0.25) is 0 Å². The fourth-order valence-electron chi connectivity index (χ4n) is 6.43. The lowest BCUT2D eigenvalue weighted by Crippen LogP contribution is -2.03. The Balaban J connectivity index is 1.18. The molecule has 9 rings (SSSR count). The first-order valence-electron chi connectivity index (χ1n) is 15.3. The molecule has 0 saturated carbocycles. The molecular weight excluding hydrogens is 550 g/mol. The molecule has 6 aromatic carbocycles. The van der Waals surface area contributed by atoms with E-state index in [-0.39, 0.29) is 0 Å². The lowest BCUT2D eigenvalue weighted by atomic mass is 9.98. The van der Waals surface area contributed by atoms with Crippen LogP contribution in [0, 0.1) is 0 Å². The quantitative estimate of drug-likeness (QED) is 0.209. The molecule has 4 heteroatoms. The summed E-state index contributed by atoms with van der Waals surface area (Å²) in [5.41, 5.74) is 6.99. The first-order valence-corrected chi connectivity index (χ1v) is 15.3. The molecule has 4 nitrogen and oxygen atoms in total. The molecule has 2 heterocycles. The van der Waals surface area contributed by atoms with Gasteiger partial charge in [-0.25, -0.2) is 15.0 Å². The average Bonchev–Trinajstić information content (AvgIpc) is 3.50. The van der Waals surface area contributed by atoms with Crippen LogP contribution in [0.15, 0.2) is 144 Å². The molecule has 0 bridgehead atoms. The van der Waals surface area contributed by atoms with E-state index in [4.69, 9.17) is 19.4 Å². The van der Waals surface area contributed by atoms with Crippen molar-refractivity contribution in [1.29, 1.82) is 0 Å². The maximum Gasteiger partial charge on any atom is 0.164 e. The second-order valence-corrected chi connectivity index (χ2v) is 11.6. The van der Waals surface area contributed by atoms with Crippen molar-refractivity contribution < 1.29 is 4.42 Å². The van der Waals surface area contributed by atoms with Gasteiger partial charge in [0.1, 0.15) is 11.2 Å². The van der Waals surface area contributed by atoms with E-state index in [2.05, 4.69) is 109 Å². The number of fused-ring (bicyclic) bond motifs is 5. The molecule has 0 saturated heterocycles. The number of para-hydroxylation sites is 1. The minimum atomic E-state index is 0.638. The second kappa shape index (κ2) is 10.4. The smallest absolute Gasteiger partial charge is 0.164 e. The largest absolute Gasteiger partial charge is 0.456 e. The van der Waals surface area contributed by atoms with Crippen LogP contribution in [0.2, 0.25) is 0 Å². The van der Waals surface area contributed by atoms with Crippen molar-refractivity contribution in [3.8, 4) is 33.9 Å². The number of aromatic nitrogens is 3. The summed E-state index contributed by atoms with van der Waals surface area (Å²) in [6.07, 6.45) is 8.52. The number of allylic oxidation sites excluding steroid dienone is 4. The molecule has 45 heavy (non-hydrogen) atoms. The van der Waals surface area contributed by atoms with Crippen LogP contribution in [0.1, 0.15) is 18.7 Å². The average molecular weight is 578 g/mol. The topological polar surface area (TPSA) is 51.8 Å². The van der Waals surface area contributed by atoms with Crippen molar-refractivity contribution in [2.24, 2.45) is 0 Å². The minimum absolute atomic E-state index is 0.638. The molecule has 0 fully saturated rings. The SMILES string of the molecule is C1=CC(c2nc(-c3ccc4cc(-c5ccc6ccccc6c5)ccc4c3)nc(-c3cccc4oc5ccccc5c34)n2)=CCC1. The predicted molar refractivity (Wildman–Crippen MR) is 185 cm³/mol. The van der Waals surface area contributed by atoms with Gasteiger partial charge in [-0.05, 0) is 75.8 Å². The molecule has 0 radical (unpaired) electrons. The molecule has 8 aromatic rings. The minimum Gasteiger partial charge on any atom is -0.456 e. The van der Waals surface area contributed by atoms with Gasteiger partial charge in [0, 0.05) is 27.5 Å². The first-order chi connectivity index (χ1) is 22.3. The number of hydrogen-bond donors (Lipinski definition) is 0. The van der Waals surface area contributed by atoms with Gasteiger partial charge in [-0.15, -0.1) is 0 Å². The maximum absolute atomic E-state index is 6.19. The van der Waals surface area contributed by atoms with Crippen LogP contribution >= 0.6 is 0 Å². The zero-order valence-corrected chi connectivity index (χ0v) is 24.4. The Morgan fingerprint density at radius 1 is 0.489 bits per heavy atom. The van der Waals surface area contributed by atoms with Gasteiger partial charge in [0.15, 0.2) is 17.5 Å². The van der Waals surface area contributed by atoms with E-state index in [1.165, 1.54) is 27.3 Å². The molecule has 212 valence electrons. The number of hydrogen-bond acceptors (Lipinski definition) is 4. The Labute approximate surface area is 260 Å². The van der Waals surface area contributed by atoms with Crippen molar-refractivity contribution in [2.75, 3.05) is 0 Å². The molecule has 1 aliphatic carbocycles. The lowest BCUT2D eigenvalue weighted by Gasteiger charge is -2.12. The highest BCUT2D eigenvalue weighted by Crippen LogP contribution is 2.37. The third kappa shape index (κ3) is 4.50. The molecule has 0 N–H and O–H groups in total. The van der Waals surface area contributed by atoms with Gasteiger partial charge >= 0.3 is 0 Å². The summed E-state index contributed by atoms with van der Waals surface area (Å²) in [7, 11) is 0. The number of rotatable bonds is 4. The summed E-state index contributed by atoms with van der Waals surface area (Å²) in [6, 6.07) is 42.5. The molecule has 1 aliphatic rings. The Hall–Kier alpha value is -5.87. The Kier molecular flexibility index (Phi) is 5.91. The molecule has 0 unspecified atom stereocenters. The molecule has 0 atom stereocenters. The monoisotopic (exact) mass is 577 g/mol. The van der Waals surface area contributed by atoms with Gasteiger partial charge < -0.3 is 4.42 Å². The summed E-state index contributed by atoms with van der Waals surface area (Å²) < 4.78 is 6.19.